The Morgan fingerprint density at radius 1 is 0.565 bits per heavy atom. The quantitative estimate of drug-likeness (QED) is 0.0320. The van der Waals surface area contributed by atoms with Crippen LogP contribution < -0.4 is 5.32 Å². The first-order valence-corrected chi connectivity index (χ1v) is 22.9. The van der Waals surface area contributed by atoms with Crippen molar-refractivity contribution in [3.63, 3.8) is 0 Å². The summed E-state index contributed by atoms with van der Waals surface area (Å²) in [5.41, 5.74) is 0. The van der Waals surface area contributed by atoms with Crippen molar-refractivity contribution in [2.45, 2.75) is 227 Å². The van der Waals surface area contributed by atoms with Crippen LogP contribution in [-0.4, -0.2) is 193 Å². The summed E-state index contributed by atoms with van der Waals surface area (Å²) in [5.74, 6) is -0.285. The topological polar surface area (TPSA) is 307 Å². The van der Waals surface area contributed by atoms with Crippen molar-refractivity contribution in [3.8, 4) is 0 Å². The van der Waals surface area contributed by atoms with Crippen molar-refractivity contribution in [1.29, 1.82) is 0 Å². The molecule has 3 fully saturated rings. The van der Waals surface area contributed by atoms with E-state index < -0.39 is 124 Å². The Morgan fingerprint density at radius 3 is 1.52 bits per heavy atom. The number of nitrogens with one attached hydrogen (secondary N) is 1. The van der Waals surface area contributed by atoms with Gasteiger partial charge in [0.2, 0.25) is 5.91 Å². The average molecular weight is 898 g/mol. The Kier molecular flexibility index (Phi) is 26.5. The predicted molar refractivity (Wildman–Crippen MR) is 222 cm³/mol. The molecule has 0 radical (unpaired) electrons. The SMILES string of the molecule is CCCCCC/C=C/C(O)C(COC1OC(CO)C(OC2OC(CO)C(OC3OC(CO)C(O)C(O)C3O)C(O)C2O)C(O)C1O)NC(=O)CCCCCCCCCCCCC. The predicted octanol–water partition coefficient (Wildman–Crippen LogP) is -0.475. The number of carbonyl (C=O) groups excluding carboxylic acids is 1. The largest absolute Gasteiger partial charge is 0.394 e. The Morgan fingerprint density at radius 2 is 1.00 bits per heavy atom. The lowest BCUT2D eigenvalue weighted by atomic mass is 9.96. The van der Waals surface area contributed by atoms with Crippen LogP contribution >= 0.6 is 0 Å². The second kappa shape index (κ2) is 29.9. The van der Waals surface area contributed by atoms with Crippen LogP contribution in [0.4, 0.5) is 0 Å². The van der Waals surface area contributed by atoms with Gasteiger partial charge >= 0.3 is 0 Å². The third-order valence-corrected chi connectivity index (χ3v) is 11.8. The molecule has 62 heavy (non-hydrogen) atoms. The van der Waals surface area contributed by atoms with Crippen LogP contribution in [0.2, 0.25) is 0 Å². The van der Waals surface area contributed by atoms with Gasteiger partial charge < -0.3 is 89.9 Å². The lowest BCUT2D eigenvalue weighted by Crippen LogP contribution is -2.66. The maximum Gasteiger partial charge on any atom is 0.220 e. The Hall–Kier alpha value is -1.47. The molecule has 0 saturated carbocycles. The zero-order valence-corrected chi connectivity index (χ0v) is 36.6. The minimum atomic E-state index is -1.97. The first kappa shape index (κ1) is 54.9. The second-order valence-corrected chi connectivity index (χ2v) is 16.9. The number of carbonyl (C=O) groups is 1. The van der Waals surface area contributed by atoms with Crippen molar-refractivity contribution in [1.82, 2.24) is 5.32 Å². The van der Waals surface area contributed by atoms with E-state index in [-0.39, 0.29) is 18.9 Å². The zero-order chi connectivity index (χ0) is 45.6. The van der Waals surface area contributed by atoms with E-state index in [1.165, 1.54) is 44.9 Å². The fourth-order valence-electron chi connectivity index (χ4n) is 7.89. The van der Waals surface area contributed by atoms with Crippen molar-refractivity contribution in [3.05, 3.63) is 12.2 Å². The Bertz CT molecular complexity index is 1220. The summed E-state index contributed by atoms with van der Waals surface area (Å²) in [4.78, 5) is 13.1. The van der Waals surface area contributed by atoms with Gasteiger partial charge in [0.05, 0.1) is 38.6 Å². The van der Waals surface area contributed by atoms with E-state index in [4.69, 9.17) is 28.4 Å². The van der Waals surface area contributed by atoms with Crippen LogP contribution in [0.15, 0.2) is 12.2 Å². The summed E-state index contributed by atoms with van der Waals surface area (Å²) >= 11 is 0. The highest BCUT2D eigenvalue weighted by molar-refractivity contribution is 5.76. The van der Waals surface area contributed by atoms with Gasteiger partial charge in [-0.15, -0.1) is 0 Å². The number of amides is 1. The summed E-state index contributed by atoms with van der Waals surface area (Å²) in [6.45, 7) is 1.56. The van der Waals surface area contributed by atoms with Gasteiger partial charge in [-0.1, -0.05) is 109 Å². The van der Waals surface area contributed by atoms with E-state index in [1.54, 1.807) is 6.08 Å². The molecule has 17 atom stereocenters. The van der Waals surface area contributed by atoms with Crippen LogP contribution in [0.3, 0.4) is 0 Å². The van der Waals surface area contributed by atoms with Crippen molar-refractivity contribution in [2.75, 3.05) is 26.4 Å². The van der Waals surface area contributed by atoms with Gasteiger partial charge in [-0.25, -0.2) is 0 Å². The molecule has 0 spiro atoms. The van der Waals surface area contributed by atoms with Gasteiger partial charge in [-0.3, -0.25) is 4.79 Å². The molecule has 3 aliphatic rings. The molecule has 1 amide bonds. The maximum absolute atomic E-state index is 13.1. The fourth-order valence-corrected chi connectivity index (χ4v) is 7.89. The van der Waals surface area contributed by atoms with E-state index in [0.29, 0.717) is 6.42 Å². The number of rotatable bonds is 30. The number of unbranched alkanes of at least 4 members (excludes halogenated alkanes) is 14. The van der Waals surface area contributed by atoms with Crippen LogP contribution in [0.1, 0.15) is 123 Å². The highest BCUT2D eigenvalue weighted by Crippen LogP contribution is 2.33. The molecule has 3 saturated heterocycles. The lowest BCUT2D eigenvalue weighted by molar-refractivity contribution is -0.379. The number of allylic oxidation sites excluding steroid dienone is 1. The molecule has 0 aromatic rings. The smallest absolute Gasteiger partial charge is 0.220 e. The molecule has 17 unspecified atom stereocenters. The third kappa shape index (κ3) is 17.1. The number of hydrogen-bond acceptors (Lipinski definition) is 18. The van der Waals surface area contributed by atoms with E-state index >= 15 is 0 Å². The highest BCUT2D eigenvalue weighted by atomic mass is 16.8. The van der Waals surface area contributed by atoms with Crippen LogP contribution in [-0.2, 0) is 33.2 Å². The normalized spacial score (nSPS) is 35.3. The molecule has 364 valence electrons. The summed E-state index contributed by atoms with van der Waals surface area (Å²) in [6, 6.07) is -0.961. The van der Waals surface area contributed by atoms with Gasteiger partial charge in [0, 0.05) is 6.42 Å². The lowest BCUT2D eigenvalue weighted by Gasteiger charge is -2.48. The molecule has 0 aromatic carbocycles. The van der Waals surface area contributed by atoms with Crippen molar-refractivity contribution in [2.24, 2.45) is 0 Å². The molecular weight excluding hydrogens is 818 g/mol. The number of aliphatic hydroxyl groups is 11. The molecule has 0 aliphatic carbocycles. The summed E-state index contributed by atoms with van der Waals surface area (Å²) in [6.07, 6.45) is -5.70. The van der Waals surface area contributed by atoms with Gasteiger partial charge in [-0.05, 0) is 19.3 Å². The van der Waals surface area contributed by atoms with E-state index in [0.717, 1.165) is 51.4 Å². The molecule has 19 nitrogen and oxygen atoms in total. The van der Waals surface area contributed by atoms with E-state index in [1.807, 2.05) is 6.08 Å². The van der Waals surface area contributed by atoms with E-state index in [9.17, 15) is 61.0 Å². The average Bonchev–Trinajstić information content (AvgIpc) is 3.26. The summed E-state index contributed by atoms with van der Waals surface area (Å²) in [5, 5.41) is 119. The molecular formula is C43H79NO18. The van der Waals surface area contributed by atoms with Crippen molar-refractivity contribution < 1.29 is 89.4 Å². The van der Waals surface area contributed by atoms with Gasteiger partial charge in [-0.2, -0.15) is 0 Å². The summed E-state index contributed by atoms with van der Waals surface area (Å²) < 4.78 is 33.9. The number of ether oxygens (including phenoxy) is 6. The minimum Gasteiger partial charge on any atom is -0.394 e. The van der Waals surface area contributed by atoms with Crippen LogP contribution in [0.25, 0.3) is 0 Å². The fraction of sp³-hybridized carbons (Fsp3) is 0.930. The monoisotopic (exact) mass is 898 g/mol. The third-order valence-electron chi connectivity index (χ3n) is 11.8. The first-order valence-electron chi connectivity index (χ1n) is 22.9. The minimum absolute atomic E-state index is 0.245. The Balaban J connectivity index is 1.58. The Labute approximate surface area is 365 Å². The molecule has 3 aliphatic heterocycles. The maximum atomic E-state index is 13.1. The molecule has 12 N–H and O–H groups in total. The standard InChI is InChI=1S/C43H79NO18/c1-3-5-7-9-11-12-13-14-15-17-19-21-31(49)44-26(27(48)20-18-16-10-8-6-4-2)25-57-41-37(55)34(52)39(29(23-46)59-41)62-43-38(56)35(53)40(30(24-47)60-43)61-42-36(54)33(51)32(50)28(22-45)58-42/h18,20,26-30,32-43,45-48,50-56H,3-17,19,21-25H2,1-2H3,(H,44,49)/b20-18+. The van der Waals surface area contributed by atoms with Gasteiger partial charge in [0.25, 0.3) is 0 Å². The highest BCUT2D eigenvalue weighted by Gasteiger charge is 2.53. The zero-order valence-electron chi connectivity index (χ0n) is 36.6. The molecule has 3 rings (SSSR count). The molecule has 0 aromatic heterocycles. The van der Waals surface area contributed by atoms with Crippen LogP contribution in [0, 0.1) is 0 Å². The van der Waals surface area contributed by atoms with Gasteiger partial charge in [0.1, 0.15) is 73.2 Å². The summed E-state index contributed by atoms with van der Waals surface area (Å²) in [7, 11) is 0. The second-order valence-electron chi connectivity index (χ2n) is 16.9. The first-order chi connectivity index (χ1) is 29.8. The van der Waals surface area contributed by atoms with Gasteiger partial charge in [0.15, 0.2) is 18.9 Å². The number of hydrogen-bond donors (Lipinski definition) is 12. The van der Waals surface area contributed by atoms with Crippen LogP contribution in [0.5, 0.6) is 0 Å². The number of aliphatic hydroxyl groups excluding tert-OH is 11. The molecule has 19 heteroatoms. The van der Waals surface area contributed by atoms with Crippen molar-refractivity contribution >= 4 is 5.91 Å². The molecule has 0 bridgehead atoms. The molecule has 3 heterocycles. The van der Waals surface area contributed by atoms with E-state index in [2.05, 4.69) is 19.2 Å².